The van der Waals surface area contributed by atoms with E-state index in [2.05, 4.69) is 17.2 Å². The third-order valence-electron chi connectivity index (χ3n) is 4.49. The minimum atomic E-state index is -0.445. The quantitative estimate of drug-likeness (QED) is 0.622. The molecule has 5 nitrogen and oxygen atoms in total. The highest BCUT2D eigenvalue weighted by atomic mass is 35.5. The summed E-state index contributed by atoms with van der Waals surface area (Å²) in [5, 5.41) is 14.8. The van der Waals surface area contributed by atoms with E-state index in [-0.39, 0.29) is 29.7 Å². The summed E-state index contributed by atoms with van der Waals surface area (Å²) in [6, 6.07) is 4.21. The van der Waals surface area contributed by atoms with Gasteiger partial charge in [0.2, 0.25) is 0 Å². The molecule has 2 N–H and O–H groups in total. The number of rotatable bonds is 4. The SMILES string of the molecule is C=C/C(C#N)=C\C=C(/C)NC(=O)N[C@@H]1[C@@H]2COc3c(F)ccc(Cl)c3[C@@H]21. The molecule has 26 heavy (non-hydrogen) atoms. The first kappa shape index (κ1) is 18.0. The number of fused-ring (bicyclic) bond motifs is 3. The number of ether oxygens (including phenoxy) is 1. The van der Waals surface area contributed by atoms with Gasteiger partial charge >= 0.3 is 6.03 Å². The lowest BCUT2D eigenvalue weighted by Gasteiger charge is -2.17. The fourth-order valence-corrected chi connectivity index (χ4v) is 3.41. The number of amides is 2. The molecule has 2 amide bonds. The first-order chi connectivity index (χ1) is 12.5. The Hall–Kier alpha value is -2.78. The summed E-state index contributed by atoms with van der Waals surface area (Å²) in [5.74, 6) is -0.248. The molecule has 1 aliphatic carbocycles. The predicted molar refractivity (Wildman–Crippen MR) is 96.2 cm³/mol. The minimum Gasteiger partial charge on any atom is -0.490 e. The van der Waals surface area contributed by atoms with Crippen molar-refractivity contribution in [2.45, 2.75) is 18.9 Å². The van der Waals surface area contributed by atoms with Gasteiger partial charge in [-0.1, -0.05) is 24.3 Å². The van der Waals surface area contributed by atoms with Crippen molar-refractivity contribution in [2.75, 3.05) is 6.61 Å². The number of nitrogens with zero attached hydrogens (tertiary/aromatic N) is 1. The summed E-state index contributed by atoms with van der Waals surface area (Å²) in [4.78, 5) is 12.2. The van der Waals surface area contributed by atoms with Crippen molar-refractivity contribution in [2.24, 2.45) is 5.92 Å². The van der Waals surface area contributed by atoms with E-state index < -0.39 is 5.82 Å². The van der Waals surface area contributed by atoms with Crippen LogP contribution in [0.5, 0.6) is 5.75 Å². The van der Waals surface area contributed by atoms with Gasteiger partial charge in [-0.2, -0.15) is 5.26 Å². The molecule has 0 bridgehead atoms. The molecule has 1 fully saturated rings. The first-order valence-electron chi connectivity index (χ1n) is 8.05. The standard InChI is InChI=1S/C19H17ClFN3O2/c1-3-11(8-22)5-4-10(2)23-19(25)24-17-12-9-26-18-14(21)7-6-13(20)16(18)15(12)17/h3-7,12,15,17H,1,9H2,2H3,(H2,23,24,25)/b10-4+,11-5+/t12-,15-,17-/m1/s1. The molecule has 0 aromatic heterocycles. The first-order valence-corrected chi connectivity index (χ1v) is 8.43. The fourth-order valence-electron chi connectivity index (χ4n) is 3.13. The van der Waals surface area contributed by atoms with Gasteiger partial charge < -0.3 is 15.4 Å². The van der Waals surface area contributed by atoms with Gasteiger partial charge in [-0.15, -0.1) is 0 Å². The number of carbonyl (C=O) groups excluding carboxylic acids is 1. The summed E-state index contributed by atoms with van der Waals surface area (Å²) in [6.07, 6.45) is 4.61. The zero-order chi connectivity index (χ0) is 18.8. The molecule has 1 aromatic carbocycles. The van der Waals surface area contributed by atoms with Crippen LogP contribution in [0.25, 0.3) is 0 Å². The monoisotopic (exact) mass is 373 g/mol. The van der Waals surface area contributed by atoms with E-state index in [9.17, 15) is 9.18 Å². The van der Waals surface area contributed by atoms with Crippen LogP contribution in [0.4, 0.5) is 9.18 Å². The molecule has 3 atom stereocenters. The molecule has 2 aliphatic rings. The van der Waals surface area contributed by atoms with E-state index in [1.54, 1.807) is 19.1 Å². The number of hydrogen-bond acceptors (Lipinski definition) is 3. The number of benzene rings is 1. The van der Waals surface area contributed by atoms with Gasteiger partial charge in [0.05, 0.1) is 18.2 Å². The van der Waals surface area contributed by atoms with Gasteiger partial charge in [0.1, 0.15) is 0 Å². The van der Waals surface area contributed by atoms with Crippen molar-refractivity contribution >= 4 is 17.6 Å². The van der Waals surface area contributed by atoms with Crippen LogP contribution in [0, 0.1) is 23.1 Å². The maximum Gasteiger partial charge on any atom is 0.319 e. The Labute approximate surface area is 155 Å². The Morgan fingerprint density at radius 1 is 1.50 bits per heavy atom. The third kappa shape index (κ3) is 3.44. The normalized spacial score (nSPS) is 23.7. The Balaban J connectivity index is 1.65. The van der Waals surface area contributed by atoms with Crippen molar-refractivity contribution in [3.63, 3.8) is 0 Å². The van der Waals surface area contributed by atoms with Crippen LogP contribution in [0.1, 0.15) is 18.4 Å². The molecule has 1 saturated carbocycles. The van der Waals surface area contributed by atoms with Gasteiger partial charge in [0.25, 0.3) is 0 Å². The lowest BCUT2D eigenvalue weighted by molar-refractivity contribution is 0.240. The number of urea groups is 1. The Morgan fingerprint density at radius 3 is 2.96 bits per heavy atom. The van der Waals surface area contributed by atoms with E-state index in [4.69, 9.17) is 21.6 Å². The highest BCUT2D eigenvalue weighted by molar-refractivity contribution is 6.31. The van der Waals surface area contributed by atoms with Crippen LogP contribution in [-0.2, 0) is 0 Å². The number of halogens is 2. The highest BCUT2D eigenvalue weighted by Gasteiger charge is 2.57. The zero-order valence-electron chi connectivity index (χ0n) is 14.1. The highest BCUT2D eigenvalue weighted by Crippen LogP contribution is 2.56. The van der Waals surface area contributed by atoms with Crippen LogP contribution < -0.4 is 15.4 Å². The number of nitrogens with one attached hydrogen (secondary N) is 2. The largest absolute Gasteiger partial charge is 0.490 e. The molecule has 0 unspecified atom stereocenters. The average molecular weight is 374 g/mol. The van der Waals surface area contributed by atoms with Crippen molar-refractivity contribution in [1.82, 2.24) is 10.6 Å². The van der Waals surface area contributed by atoms with Crippen molar-refractivity contribution in [1.29, 1.82) is 5.26 Å². The second-order valence-corrected chi connectivity index (χ2v) is 6.59. The van der Waals surface area contributed by atoms with E-state index in [0.717, 1.165) is 0 Å². The number of hydrogen-bond donors (Lipinski definition) is 2. The second-order valence-electron chi connectivity index (χ2n) is 6.18. The smallest absolute Gasteiger partial charge is 0.319 e. The topological polar surface area (TPSA) is 74.2 Å². The van der Waals surface area contributed by atoms with Gasteiger partial charge in [-0.25, -0.2) is 9.18 Å². The Kier molecular flexibility index (Phi) is 5.01. The molecule has 1 aliphatic heterocycles. The predicted octanol–water partition coefficient (Wildman–Crippen LogP) is 3.79. The van der Waals surface area contributed by atoms with Crippen LogP contribution in [0.2, 0.25) is 5.02 Å². The third-order valence-corrected chi connectivity index (χ3v) is 4.82. The van der Waals surface area contributed by atoms with Crippen molar-refractivity contribution in [3.05, 3.63) is 64.6 Å². The van der Waals surface area contributed by atoms with Gasteiger partial charge in [-0.05, 0) is 31.2 Å². The zero-order valence-corrected chi connectivity index (χ0v) is 14.8. The minimum absolute atomic E-state index is 0.0529. The molecule has 0 spiro atoms. The van der Waals surface area contributed by atoms with E-state index in [1.807, 2.05) is 6.07 Å². The molecule has 1 heterocycles. The molecule has 0 radical (unpaired) electrons. The molecular weight excluding hydrogens is 357 g/mol. The van der Waals surface area contributed by atoms with E-state index in [1.165, 1.54) is 18.2 Å². The molecule has 7 heteroatoms. The number of allylic oxidation sites excluding steroid dienone is 5. The van der Waals surface area contributed by atoms with Crippen molar-refractivity contribution < 1.29 is 13.9 Å². The fraction of sp³-hybridized carbons (Fsp3) is 0.263. The number of nitriles is 1. The van der Waals surface area contributed by atoms with Gasteiger partial charge in [-0.3, -0.25) is 0 Å². The average Bonchev–Trinajstić information content (AvgIpc) is 3.31. The lowest BCUT2D eigenvalue weighted by Crippen LogP contribution is -2.37. The van der Waals surface area contributed by atoms with Crippen molar-refractivity contribution in [3.8, 4) is 11.8 Å². The van der Waals surface area contributed by atoms with E-state index in [0.29, 0.717) is 28.5 Å². The summed E-state index contributed by atoms with van der Waals surface area (Å²) in [5.41, 5.74) is 1.58. The lowest BCUT2D eigenvalue weighted by atomic mass is 10.1. The van der Waals surface area contributed by atoms with Gasteiger partial charge in [0, 0.05) is 34.2 Å². The second kappa shape index (κ2) is 7.22. The summed E-state index contributed by atoms with van der Waals surface area (Å²) < 4.78 is 19.4. The Morgan fingerprint density at radius 2 is 2.27 bits per heavy atom. The molecule has 1 aromatic rings. The maximum absolute atomic E-state index is 13.9. The van der Waals surface area contributed by atoms with Crippen LogP contribution in [-0.4, -0.2) is 18.7 Å². The summed E-state index contributed by atoms with van der Waals surface area (Å²) >= 11 is 6.20. The molecular formula is C19H17ClFN3O2. The van der Waals surface area contributed by atoms with Crippen LogP contribution >= 0.6 is 11.6 Å². The molecule has 3 rings (SSSR count). The summed E-state index contributed by atoms with van der Waals surface area (Å²) in [7, 11) is 0. The Bertz CT molecular complexity index is 872. The summed E-state index contributed by atoms with van der Waals surface area (Å²) in [6.45, 7) is 5.57. The molecule has 0 saturated heterocycles. The molecule has 134 valence electrons. The maximum atomic E-state index is 13.9. The van der Waals surface area contributed by atoms with E-state index >= 15 is 0 Å². The van der Waals surface area contributed by atoms with Crippen LogP contribution in [0.3, 0.4) is 0 Å². The van der Waals surface area contributed by atoms with Crippen LogP contribution in [0.15, 0.2) is 48.2 Å². The van der Waals surface area contributed by atoms with Gasteiger partial charge in [0.15, 0.2) is 11.6 Å². The number of carbonyl (C=O) groups is 1.